The fraction of sp³-hybridized carbons (Fsp3) is 0.267. The molecule has 2 aromatic rings. The molecular formula is C15H13NO4. The number of esters is 1. The van der Waals surface area contributed by atoms with Gasteiger partial charge >= 0.3 is 5.97 Å². The second kappa shape index (κ2) is 4.59. The number of ketones is 2. The minimum Gasteiger partial charge on any atom is -0.460 e. The summed E-state index contributed by atoms with van der Waals surface area (Å²) in [6.07, 6.45) is 0.260. The van der Waals surface area contributed by atoms with Crippen LogP contribution in [0.3, 0.4) is 0 Å². The highest BCUT2D eigenvalue weighted by Gasteiger charge is 2.41. The number of Topliss-reactive ketones (excluding diaryl/α,β-unsaturated/α-hetero) is 2. The van der Waals surface area contributed by atoms with Crippen molar-refractivity contribution < 1.29 is 19.1 Å². The first-order valence-corrected chi connectivity index (χ1v) is 6.48. The molecular weight excluding hydrogens is 258 g/mol. The summed E-state index contributed by atoms with van der Waals surface area (Å²) in [6.45, 7) is 1.75. The molecule has 1 aromatic carbocycles. The molecule has 1 heterocycles. The molecule has 0 fully saturated rings. The molecule has 102 valence electrons. The number of fused-ring (bicyclic) bond motifs is 3. The first-order chi connectivity index (χ1) is 9.63. The van der Waals surface area contributed by atoms with E-state index in [1.807, 2.05) is 24.3 Å². The molecule has 0 saturated heterocycles. The number of carbonyl (C=O) groups excluding carboxylic acids is 3. The molecule has 0 saturated carbocycles. The third-order valence-corrected chi connectivity index (χ3v) is 3.58. The number of hydrogen-bond acceptors (Lipinski definition) is 4. The van der Waals surface area contributed by atoms with Crippen molar-refractivity contribution in [2.75, 3.05) is 6.61 Å². The first-order valence-electron chi connectivity index (χ1n) is 6.48. The second-order valence-corrected chi connectivity index (χ2v) is 4.73. The van der Waals surface area contributed by atoms with E-state index in [-0.39, 0.29) is 18.8 Å². The number of aromatic amines is 1. The van der Waals surface area contributed by atoms with Crippen molar-refractivity contribution in [2.24, 2.45) is 5.92 Å². The first kappa shape index (κ1) is 12.6. The summed E-state index contributed by atoms with van der Waals surface area (Å²) in [6, 6.07) is 7.53. The highest BCUT2D eigenvalue weighted by molar-refractivity contribution is 6.40. The third kappa shape index (κ3) is 1.74. The van der Waals surface area contributed by atoms with E-state index in [4.69, 9.17) is 0 Å². The lowest BCUT2D eigenvalue weighted by Crippen LogP contribution is -2.30. The molecule has 3 rings (SSSR count). The van der Waals surface area contributed by atoms with Gasteiger partial charge in [-0.1, -0.05) is 18.2 Å². The van der Waals surface area contributed by atoms with Gasteiger partial charge in [0.15, 0.2) is 5.78 Å². The number of H-pyrrole nitrogens is 1. The number of carbonyl (C=O) groups is 3. The number of ether oxygens (including phenoxy) is 1. The fourth-order valence-corrected chi connectivity index (χ4v) is 2.65. The van der Waals surface area contributed by atoms with Crippen LogP contribution in [0.4, 0.5) is 0 Å². The second-order valence-electron chi connectivity index (χ2n) is 4.73. The van der Waals surface area contributed by atoms with Crippen molar-refractivity contribution in [1.29, 1.82) is 0 Å². The van der Waals surface area contributed by atoms with Gasteiger partial charge in [-0.3, -0.25) is 9.59 Å². The van der Waals surface area contributed by atoms with Crippen molar-refractivity contribution in [3.8, 4) is 0 Å². The Morgan fingerprint density at radius 3 is 2.85 bits per heavy atom. The molecule has 1 aromatic heterocycles. The summed E-state index contributed by atoms with van der Waals surface area (Å²) in [4.78, 5) is 38.7. The Morgan fingerprint density at radius 2 is 2.10 bits per heavy atom. The zero-order valence-electron chi connectivity index (χ0n) is 10.9. The summed E-state index contributed by atoms with van der Waals surface area (Å²) < 4.78 is 4.68. The van der Waals surface area contributed by atoms with Gasteiger partial charge in [0.05, 0.1) is 18.2 Å². The lowest BCUT2D eigenvalue weighted by Gasteiger charge is -2.06. The van der Waals surface area contributed by atoms with Gasteiger partial charge in [-0.15, -0.1) is 0 Å². The van der Waals surface area contributed by atoms with Crippen LogP contribution in [0.2, 0.25) is 0 Å². The molecule has 0 aliphatic heterocycles. The van der Waals surface area contributed by atoms with Crippen LogP contribution in [-0.4, -0.2) is 29.1 Å². The topological polar surface area (TPSA) is 76.2 Å². The van der Waals surface area contributed by atoms with Crippen LogP contribution in [0, 0.1) is 5.92 Å². The molecule has 0 amide bonds. The predicted molar refractivity (Wildman–Crippen MR) is 71.5 cm³/mol. The maximum atomic E-state index is 12.3. The van der Waals surface area contributed by atoms with Crippen molar-refractivity contribution in [3.63, 3.8) is 0 Å². The monoisotopic (exact) mass is 271 g/mol. The minimum absolute atomic E-state index is 0.125. The lowest BCUT2D eigenvalue weighted by atomic mass is 9.99. The molecule has 1 N–H and O–H groups in total. The molecule has 5 nitrogen and oxygen atoms in total. The van der Waals surface area contributed by atoms with Crippen molar-refractivity contribution in [1.82, 2.24) is 4.98 Å². The number of para-hydroxylation sites is 1. The Bertz CT molecular complexity index is 729. The highest BCUT2D eigenvalue weighted by Crippen LogP contribution is 2.33. The standard InChI is InChI=1S/C15H13NO4/c1-2-20-15(19)14(18)10-7-9-8-5-3-4-6-11(8)16-12(9)13(10)17/h3-6,10,16H,2,7H2,1H3/t10-/m0/s1. The van der Waals surface area contributed by atoms with E-state index >= 15 is 0 Å². The van der Waals surface area contributed by atoms with Gasteiger partial charge in [0.2, 0.25) is 0 Å². The van der Waals surface area contributed by atoms with Crippen molar-refractivity contribution in [2.45, 2.75) is 13.3 Å². The molecule has 0 bridgehead atoms. The van der Waals surface area contributed by atoms with Crippen LogP contribution in [0.15, 0.2) is 24.3 Å². The van der Waals surface area contributed by atoms with E-state index in [2.05, 4.69) is 9.72 Å². The van der Waals surface area contributed by atoms with E-state index in [0.717, 1.165) is 16.5 Å². The molecule has 0 spiro atoms. The predicted octanol–water partition coefficient (Wildman–Crippen LogP) is 1.66. The molecule has 0 unspecified atom stereocenters. The van der Waals surface area contributed by atoms with Crippen molar-refractivity contribution >= 4 is 28.4 Å². The summed E-state index contributed by atoms with van der Waals surface area (Å²) in [7, 11) is 0. The van der Waals surface area contributed by atoms with Crippen LogP contribution in [0.25, 0.3) is 10.9 Å². The number of rotatable bonds is 3. The maximum absolute atomic E-state index is 12.3. The molecule has 1 aliphatic carbocycles. The van der Waals surface area contributed by atoms with Crippen LogP contribution < -0.4 is 0 Å². The zero-order chi connectivity index (χ0) is 14.3. The van der Waals surface area contributed by atoms with E-state index in [0.29, 0.717) is 5.69 Å². The van der Waals surface area contributed by atoms with E-state index < -0.39 is 17.7 Å². The van der Waals surface area contributed by atoms with Gasteiger partial charge in [-0.05, 0) is 25.0 Å². The Balaban J connectivity index is 1.95. The highest BCUT2D eigenvalue weighted by atomic mass is 16.5. The molecule has 1 aliphatic rings. The van der Waals surface area contributed by atoms with Gasteiger partial charge < -0.3 is 9.72 Å². The van der Waals surface area contributed by atoms with Gasteiger partial charge in [-0.25, -0.2) is 4.79 Å². The lowest BCUT2D eigenvalue weighted by molar-refractivity contribution is -0.154. The van der Waals surface area contributed by atoms with E-state index in [1.54, 1.807) is 6.92 Å². The van der Waals surface area contributed by atoms with E-state index in [9.17, 15) is 14.4 Å². The number of hydrogen-bond donors (Lipinski definition) is 1. The molecule has 5 heteroatoms. The fourth-order valence-electron chi connectivity index (χ4n) is 2.65. The number of aromatic nitrogens is 1. The average Bonchev–Trinajstić information content (AvgIpc) is 2.96. The quantitative estimate of drug-likeness (QED) is 0.523. The average molecular weight is 271 g/mol. The summed E-state index contributed by atoms with van der Waals surface area (Å²) in [5, 5.41) is 0.926. The van der Waals surface area contributed by atoms with Crippen LogP contribution in [-0.2, 0) is 20.7 Å². The molecule has 0 radical (unpaired) electrons. The zero-order valence-corrected chi connectivity index (χ0v) is 10.9. The number of benzene rings is 1. The van der Waals surface area contributed by atoms with Crippen LogP contribution >= 0.6 is 0 Å². The normalized spacial score (nSPS) is 17.2. The van der Waals surface area contributed by atoms with Crippen LogP contribution in [0.1, 0.15) is 23.0 Å². The number of nitrogens with one attached hydrogen (secondary N) is 1. The van der Waals surface area contributed by atoms with E-state index in [1.165, 1.54) is 0 Å². The Hall–Kier alpha value is -2.43. The SMILES string of the molecule is CCOC(=O)C(=O)[C@H]1Cc2c([nH]c3ccccc23)C1=O. The van der Waals surface area contributed by atoms with Gasteiger partial charge in [0, 0.05) is 10.9 Å². The van der Waals surface area contributed by atoms with Crippen molar-refractivity contribution in [3.05, 3.63) is 35.5 Å². The summed E-state index contributed by atoms with van der Waals surface area (Å²) in [5.41, 5.74) is 2.12. The van der Waals surface area contributed by atoms with Gasteiger partial charge in [0.25, 0.3) is 5.78 Å². The minimum atomic E-state index is -0.945. The summed E-state index contributed by atoms with van der Waals surface area (Å²) in [5.74, 6) is -2.96. The van der Waals surface area contributed by atoms with Gasteiger partial charge in [-0.2, -0.15) is 0 Å². The molecule has 20 heavy (non-hydrogen) atoms. The third-order valence-electron chi connectivity index (χ3n) is 3.58. The smallest absolute Gasteiger partial charge is 0.375 e. The Morgan fingerprint density at radius 1 is 1.35 bits per heavy atom. The molecule has 1 atom stereocenters. The Labute approximate surface area is 114 Å². The van der Waals surface area contributed by atoms with Gasteiger partial charge in [0.1, 0.15) is 0 Å². The Kier molecular flexibility index (Phi) is 2.89. The summed E-state index contributed by atoms with van der Waals surface area (Å²) >= 11 is 0. The maximum Gasteiger partial charge on any atom is 0.375 e. The van der Waals surface area contributed by atoms with Crippen LogP contribution in [0.5, 0.6) is 0 Å². The largest absolute Gasteiger partial charge is 0.460 e.